The number of aromatic nitrogens is 1. The molecule has 0 aliphatic heterocycles. The maximum absolute atomic E-state index is 11.6. The number of rotatable bonds is 5. The number of hydrogen-bond donors (Lipinski definition) is 2. The maximum Gasteiger partial charge on any atom is 0.348 e. The van der Waals surface area contributed by atoms with Crippen LogP contribution in [-0.4, -0.2) is 22.0 Å². The summed E-state index contributed by atoms with van der Waals surface area (Å²) in [4.78, 5) is 27.4. The minimum absolute atomic E-state index is 0.132. The number of benzene rings is 1. The zero-order valence-electron chi connectivity index (χ0n) is 11.8. The van der Waals surface area contributed by atoms with Crippen LogP contribution in [0.4, 0.5) is 5.13 Å². The number of nitrogens with one attached hydrogen (secondary N) is 1. The molecule has 2 rings (SSSR count). The molecule has 1 amide bonds. The predicted octanol–water partition coefficient (Wildman–Crippen LogP) is 3.56. The lowest BCUT2D eigenvalue weighted by Crippen LogP contribution is -2.10. The van der Waals surface area contributed by atoms with Gasteiger partial charge in [0.05, 0.1) is 5.69 Å². The zero-order chi connectivity index (χ0) is 15.4. The highest BCUT2D eigenvalue weighted by atomic mass is 32.1. The van der Waals surface area contributed by atoms with Gasteiger partial charge in [0.1, 0.15) is 4.88 Å². The monoisotopic (exact) mass is 304 g/mol. The average molecular weight is 304 g/mol. The molecule has 0 aliphatic rings. The topological polar surface area (TPSA) is 79.3 Å². The second kappa shape index (κ2) is 6.49. The molecule has 0 aliphatic carbocycles. The van der Waals surface area contributed by atoms with Crippen molar-refractivity contribution in [2.24, 2.45) is 0 Å². The Morgan fingerprint density at radius 2 is 2.14 bits per heavy atom. The molecule has 0 saturated carbocycles. The molecular weight excluding hydrogens is 288 g/mol. The van der Waals surface area contributed by atoms with E-state index in [4.69, 9.17) is 0 Å². The van der Waals surface area contributed by atoms with Crippen molar-refractivity contribution >= 4 is 28.3 Å². The fourth-order valence-electron chi connectivity index (χ4n) is 1.92. The summed E-state index contributed by atoms with van der Waals surface area (Å²) >= 11 is 0.980. The highest BCUT2D eigenvalue weighted by Crippen LogP contribution is 2.31. The summed E-state index contributed by atoms with van der Waals surface area (Å²) < 4.78 is 0. The van der Waals surface area contributed by atoms with Crippen LogP contribution in [0, 0.1) is 6.92 Å². The third kappa shape index (κ3) is 3.66. The molecule has 0 bridgehead atoms. The SMILES string of the molecule is CCCC(=O)Nc1nc(-c2cccc(C)c2)c(C(=O)O)s1. The first-order valence-corrected chi connectivity index (χ1v) is 7.44. The van der Waals surface area contributed by atoms with E-state index in [0.717, 1.165) is 28.9 Å². The smallest absolute Gasteiger partial charge is 0.348 e. The first kappa shape index (κ1) is 15.2. The molecule has 0 saturated heterocycles. The van der Waals surface area contributed by atoms with E-state index in [1.54, 1.807) is 0 Å². The molecular formula is C15H16N2O3S. The van der Waals surface area contributed by atoms with Crippen LogP contribution < -0.4 is 5.32 Å². The van der Waals surface area contributed by atoms with Crippen molar-refractivity contribution in [1.82, 2.24) is 4.98 Å². The molecule has 0 spiro atoms. The Hall–Kier alpha value is -2.21. The van der Waals surface area contributed by atoms with E-state index in [1.807, 2.05) is 38.1 Å². The first-order valence-electron chi connectivity index (χ1n) is 6.62. The summed E-state index contributed by atoms with van der Waals surface area (Å²) in [7, 11) is 0. The summed E-state index contributed by atoms with van der Waals surface area (Å²) in [5, 5.41) is 12.3. The Morgan fingerprint density at radius 3 is 2.76 bits per heavy atom. The first-order chi connectivity index (χ1) is 10.0. The average Bonchev–Trinajstić information content (AvgIpc) is 2.83. The number of carboxylic acids is 1. The fourth-order valence-corrected chi connectivity index (χ4v) is 2.76. The molecule has 0 radical (unpaired) electrons. The second-order valence-electron chi connectivity index (χ2n) is 4.67. The molecule has 0 fully saturated rings. The minimum atomic E-state index is -1.04. The summed E-state index contributed by atoms with van der Waals surface area (Å²) in [6.45, 7) is 3.84. The number of thiazole rings is 1. The van der Waals surface area contributed by atoms with Crippen LogP contribution >= 0.6 is 11.3 Å². The quantitative estimate of drug-likeness (QED) is 0.885. The van der Waals surface area contributed by atoms with Gasteiger partial charge in [-0.25, -0.2) is 9.78 Å². The lowest BCUT2D eigenvalue weighted by molar-refractivity contribution is -0.116. The van der Waals surface area contributed by atoms with Gasteiger partial charge in [-0.2, -0.15) is 0 Å². The summed E-state index contributed by atoms with van der Waals surface area (Å²) in [5.74, 6) is -1.20. The van der Waals surface area contributed by atoms with Crippen molar-refractivity contribution in [3.05, 3.63) is 34.7 Å². The molecule has 0 atom stereocenters. The number of carbonyl (C=O) groups excluding carboxylic acids is 1. The van der Waals surface area contributed by atoms with Crippen LogP contribution in [0.15, 0.2) is 24.3 Å². The minimum Gasteiger partial charge on any atom is -0.477 e. The third-order valence-corrected chi connectivity index (χ3v) is 3.80. The van der Waals surface area contributed by atoms with Gasteiger partial charge in [0, 0.05) is 12.0 Å². The number of hydrogen-bond acceptors (Lipinski definition) is 4. The van der Waals surface area contributed by atoms with Gasteiger partial charge in [0.2, 0.25) is 5.91 Å². The molecule has 2 aromatic rings. The number of nitrogens with zero attached hydrogens (tertiary/aromatic N) is 1. The molecule has 6 heteroatoms. The van der Waals surface area contributed by atoms with E-state index in [9.17, 15) is 14.7 Å². The van der Waals surface area contributed by atoms with E-state index in [-0.39, 0.29) is 10.8 Å². The van der Waals surface area contributed by atoms with Crippen molar-refractivity contribution < 1.29 is 14.7 Å². The zero-order valence-corrected chi connectivity index (χ0v) is 12.7. The molecule has 5 nitrogen and oxygen atoms in total. The van der Waals surface area contributed by atoms with Crippen molar-refractivity contribution in [3.63, 3.8) is 0 Å². The molecule has 21 heavy (non-hydrogen) atoms. The Bertz CT molecular complexity index is 679. The summed E-state index contributed by atoms with van der Waals surface area (Å²) in [6, 6.07) is 7.47. The van der Waals surface area contributed by atoms with E-state index in [1.165, 1.54) is 0 Å². The Balaban J connectivity index is 2.38. The van der Waals surface area contributed by atoms with Crippen molar-refractivity contribution in [2.75, 3.05) is 5.32 Å². The van der Waals surface area contributed by atoms with E-state index in [0.29, 0.717) is 17.2 Å². The van der Waals surface area contributed by atoms with Gasteiger partial charge in [0.25, 0.3) is 0 Å². The van der Waals surface area contributed by atoms with Crippen LogP contribution in [0.1, 0.15) is 35.0 Å². The van der Waals surface area contributed by atoms with E-state index < -0.39 is 5.97 Å². The Labute approximate surface area is 126 Å². The predicted molar refractivity (Wildman–Crippen MR) is 82.8 cm³/mol. The molecule has 2 N–H and O–H groups in total. The van der Waals surface area contributed by atoms with Crippen molar-refractivity contribution in [2.45, 2.75) is 26.7 Å². The van der Waals surface area contributed by atoms with E-state index in [2.05, 4.69) is 10.3 Å². The molecule has 0 unspecified atom stereocenters. The van der Waals surface area contributed by atoms with Gasteiger partial charge in [-0.1, -0.05) is 42.0 Å². The number of aryl methyl sites for hydroxylation is 1. The second-order valence-corrected chi connectivity index (χ2v) is 5.67. The molecule has 110 valence electrons. The van der Waals surface area contributed by atoms with Crippen molar-refractivity contribution in [3.8, 4) is 11.3 Å². The largest absolute Gasteiger partial charge is 0.477 e. The molecule has 1 aromatic heterocycles. The van der Waals surface area contributed by atoms with Gasteiger partial charge < -0.3 is 10.4 Å². The summed E-state index contributed by atoms with van der Waals surface area (Å²) in [6.07, 6.45) is 1.12. The molecule has 1 aromatic carbocycles. The lowest BCUT2D eigenvalue weighted by Gasteiger charge is -2.00. The van der Waals surface area contributed by atoms with E-state index >= 15 is 0 Å². The van der Waals surface area contributed by atoms with Crippen LogP contribution in [0.3, 0.4) is 0 Å². The van der Waals surface area contributed by atoms with Crippen LogP contribution in [-0.2, 0) is 4.79 Å². The van der Waals surface area contributed by atoms with Gasteiger partial charge in [-0.05, 0) is 19.4 Å². The standard InChI is InChI=1S/C15H16N2O3S/c1-3-5-11(18)16-15-17-12(13(21-15)14(19)20)10-7-4-6-9(2)8-10/h4,6-8H,3,5H2,1-2H3,(H,19,20)(H,16,17,18). The fraction of sp³-hybridized carbons (Fsp3) is 0.267. The maximum atomic E-state index is 11.6. The highest BCUT2D eigenvalue weighted by Gasteiger charge is 2.19. The van der Waals surface area contributed by atoms with Crippen molar-refractivity contribution in [1.29, 1.82) is 0 Å². The number of carbonyl (C=O) groups is 2. The lowest BCUT2D eigenvalue weighted by atomic mass is 10.1. The Kier molecular flexibility index (Phi) is 4.70. The Morgan fingerprint density at radius 1 is 1.38 bits per heavy atom. The van der Waals surface area contributed by atoms with Crippen LogP contribution in [0.2, 0.25) is 0 Å². The number of amides is 1. The highest BCUT2D eigenvalue weighted by molar-refractivity contribution is 7.18. The van der Waals surface area contributed by atoms with Gasteiger partial charge in [-0.15, -0.1) is 0 Å². The van der Waals surface area contributed by atoms with Crippen LogP contribution in [0.5, 0.6) is 0 Å². The number of aromatic carboxylic acids is 1. The summed E-state index contributed by atoms with van der Waals surface area (Å²) in [5.41, 5.74) is 2.15. The van der Waals surface area contributed by atoms with Gasteiger partial charge >= 0.3 is 5.97 Å². The molecule has 1 heterocycles. The van der Waals surface area contributed by atoms with Crippen LogP contribution in [0.25, 0.3) is 11.3 Å². The van der Waals surface area contributed by atoms with Gasteiger partial charge in [0.15, 0.2) is 5.13 Å². The third-order valence-electron chi connectivity index (χ3n) is 2.84. The number of anilines is 1. The normalized spacial score (nSPS) is 10.4. The van der Waals surface area contributed by atoms with Gasteiger partial charge in [-0.3, -0.25) is 4.79 Å². The number of carboxylic acid groups (broad SMARTS) is 1.